The van der Waals surface area contributed by atoms with E-state index in [4.69, 9.17) is 23.2 Å². The van der Waals surface area contributed by atoms with Crippen LogP contribution in [0.4, 0.5) is 0 Å². The monoisotopic (exact) mass is 352 g/mol. The molecular weight excluding hydrogens is 339 g/mol. The summed E-state index contributed by atoms with van der Waals surface area (Å²) in [6, 6.07) is 3.44. The molecule has 1 N–H and O–H groups in total. The molecule has 8 heteroatoms. The molecule has 0 radical (unpaired) electrons. The van der Waals surface area contributed by atoms with E-state index in [9.17, 15) is 13.7 Å². The zero-order valence-electron chi connectivity index (χ0n) is 10.8. The van der Waals surface area contributed by atoms with Gasteiger partial charge in [-0.2, -0.15) is 9.98 Å². The third kappa shape index (κ3) is 3.29. The van der Waals surface area contributed by atoms with E-state index in [-0.39, 0.29) is 9.23 Å². The predicted octanol–water partition coefficient (Wildman–Crippen LogP) is 3.81. The molecular formula is C12H14Cl2N2O2S2. The minimum absolute atomic E-state index is 0.0533. The van der Waals surface area contributed by atoms with Crippen molar-refractivity contribution in [3.63, 3.8) is 0 Å². The van der Waals surface area contributed by atoms with Gasteiger partial charge in [-0.25, -0.2) is 8.42 Å². The average molecular weight is 353 g/mol. The van der Waals surface area contributed by atoms with Crippen molar-refractivity contribution in [3.05, 3.63) is 14.7 Å². The molecule has 0 atom stereocenters. The van der Waals surface area contributed by atoms with Gasteiger partial charge in [-0.05, 0) is 37.7 Å². The number of nitrogens with zero attached hydrogens (tertiary/aromatic N) is 1. The highest BCUT2D eigenvalue weighted by Gasteiger charge is 2.39. The van der Waals surface area contributed by atoms with Gasteiger partial charge in [0, 0.05) is 0 Å². The van der Waals surface area contributed by atoms with Crippen molar-refractivity contribution in [2.75, 3.05) is 0 Å². The van der Waals surface area contributed by atoms with Crippen LogP contribution in [0.15, 0.2) is 11.0 Å². The summed E-state index contributed by atoms with van der Waals surface area (Å²) in [7, 11) is -3.84. The number of hydrogen-bond acceptors (Lipinski definition) is 4. The smallest absolute Gasteiger partial charge is 0.207 e. The highest BCUT2D eigenvalue weighted by Crippen LogP contribution is 2.37. The van der Waals surface area contributed by atoms with Crippen LogP contribution in [-0.4, -0.2) is 14.0 Å². The third-order valence-corrected chi connectivity index (χ3v) is 6.88. The first-order valence-electron chi connectivity index (χ1n) is 6.18. The number of nitriles is 1. The summed E-state index contributed by atoms with van der Waals surface area (Å²) < 4.78 is 27.7. The van der Waals surface area contributed by atoms with Crippen LogP contribution in [-0.2, 0) is 10.0 Å². The average Bonchev–Trinajstić information content (AvgIpc) is 2.72. The quantitative estimate of drug-likeness (QED) is 0.898. The van der Waals surface area contributed by atoms with Crippen LogP contribution in [0.3, 0.4) is 0 Å². The lowest BCUT2D eigenvalue weighted by atomic mass is 9.79. The van der Waals surface area contributed by atoms with E-state index in [1.54, 1.807) is 0 Å². The molecule has 1 fully saturated rings. The van der Waals surface area contributed by atoms with Gasteiger partial charge in [0.1, 0.15) is 14.8 Å². The molecule has 0 aliphatic heterocycles. The van der Waals surface area contributed by atoms with E-state index in [0.717, 1.165) is 24.2 Å². The maximum atomic E-state index is 12.4. The maximum absolute atomic E-state index is 12.4. The Morgan fingerprint density at radius 1 is 1.45 bits per heavy atom. The number of thiophene rings is 1. The highest BCUT2D eigenvalue weighted by atomic mass is 35.5. The van der Waals surface area contributed by atoms with Gasteiger partial charge in [0.2, 0.25) is 10.0 Å². The Labute approximate surface area is 132 Å². The topological polar surface area (TPSA) is 70.0 Å². The summed E-state index contributed by atoms with van der Waals surface area (Å²) in [5.74, 6) is 0.514. The van der Waals surface area contributed by atoms with Crippen molar-refractivity contribution in [1.82, 2.24) is 4.72 Å². The van der Waals surface area contributed by atoms with E-state index >= 15 is 0 Å². The lowest BCUT2D eigenvalue weighted by molar-refractivity contribution is 0.278. The van der Waals surface area contributed by atoms with Crippen LogP contribution in [0, 0.1) is 17.2 Å². The fourth-order valence-corrected chi connectivity index (χ4v) is 5.84. The zero-order chi connectivity index (χ0) is 15.0. The standard InChI is InChI=1S/C12H14Cl2N2O2S2/c1-8-2-4-12(7-15,5-3-8)16-20(17,18)9-6-10(13)19-11(9)14/h6,8,16H,2-5H2,1H3. The molecule has 1 aromatic rings. The number of hydrogen-bond donors (Lipinski definition) is 1. The molecule has 0 aromatic carbocycles. The van der Waals surface area contributed by atoms with Gasteiger partial charge in [-0.3, -0.25) is 0 Å². The van der Waals surface area contributed by atoms with Gasteiger partial charge >= 0.3 is 0 Å². The number of halogens is 2. The van der Waals surface area contributed by atoms with Crippen molar-refractivity contribution in [1.29, 1.82) is 5.26 Å². The second-order valence-electron chi connectivity index (χ2n) is 5.17. The lowest BCUT2D eigenvalue weighted by Gasteiger charge is -2.33. The Morgan fingerprint density at radius 3 is 2.50 bits per heavy atom. The normalized spacial score (nSPS) is 27.2. The summed E-state index contributed by atoms with van der Waals surface area (Å²) in [4.78, 5) is -0.0533. The molecule has 0 saturated heterocycles. The van der Waals surface area contributed by atoms with Gasteiger partial charge in [0.15, 0.2) is 0 Å². The van der Waals surface area contributed by atoms with Crippen LogP contribution in [0.1, 0.15) is 32.6 Å². The van der Waals surface area contributed by atoms with Gasteiger partial charge in [-0.15, -0.1) is 11.3 Å². The largest absolute Gasteiger partial charge is 0.244 e. The molecule has 20 heavy (non-hydrogen) atoms. The van der Waals surface area contributed by atoms with Crippen LogP contribution in [0.25, 0.3) is 0 Å². The lowest BCUT2D eigenvalue weighted by Crippen LogP contribution is -2.49. The number of rotatable bonds is 3. The predicted molar refractivity (Wildman–Crippen MR) is 80.6 cm³/mol. The minimum atomic E-state index is -3.84. The van der Waals surface area contributed by atoms with Crippen LogP contribution >= 0.6 is 34.5 Å². The second kappa shape index (κ2) is 5.82. The van der Waals surface area contributed by atoms with E-state index < -0.39 is 15.6 Å². The molecule has 0 bridgehead atoms. The molecule has 4 nitrogen and oxygen atoms in total. The molecule has 1 aliphatic rings. The highest BCUT2D eigenvalue weighted by molar-refractivity contribution is 7.89. The van der Waals surface area contributed by atoms with Crippen LogP contribution in [0.2, 0.25) is 8.67 Å². The van der Waals surface area contributed by atoms with E-state index in [2.05, 4.69) is 17.7 Å². The van der Waals surface area contributed by atoms with E-state index in [1.165, 1.54) is 6.07 Å². The fraction of sp³-hybridized carbons (Fsp3) is 0.583. The molecule has 0 spiro atoms. The molecule has 0 unspecified atom stereocenters. The van der Waals surface area contributed by atoms with Crippen molar-refractivity contribution >= 4 is 44.6 Å². The summed E-state index contributed by atoms with van der Waals surface area (Å²) in [6.45, 7) is 2.10. The molecule has 1 aromatic heterocycles. The Kier molecular flexibility index (Phi) is 4.67. The van der Waals surface area contributed by atoms with Gasteiger partial charge < -0.3 is 0 Å². The molecule has 2 rings (SSSR count). The van der Waals surface area contributed by atoms with Crippen LogP contribution < -0.4 is 4.72 Å². The Hall–Kier alpha value is -0.320. The fourth-order valence-electron chi connectivity index (χ4n) is 2.31. The first-order valence-corrected chi connectivity index (χ1v) is 9.24. The zero-order valence-corrected chi connectivity index (χ0v) is 14.0. The summed E-state index contributed by atoms with van der Waals surface area (Å²) in [5.41, 5.74) is -1.04. The molecule has 1 saturated carbocycles. The summed E-state index contributed by atoms with van der Waals surface area (Å²) in [6.07, 6.45) is 2.68. The number of nitrogens with one attached hydrogen (secondary N) is 1. The first-order chi connectivity index (χ1) is 9.28. The molecule has 1 aliphatic carbocycles. The number of sulfonamides is 1. The summed E-state index contributed by atoms with van der Waals surface area (Å²) >= 11 is 12.7. The van der Waals surface area contributed by atoms with E-state index in [0.29, 0.717) is 23.1 Å². The van der Waals surface area contributed by atoms with Crippen molar-refractivity contribution in [2.45, 2.75) is 43.0 Å². The van der Waals surface area contributed by atoms with E-state index in [1.807, 2.05) is 0 Å². The Bertz CT molecular complexity index is 641. The Balaban J connectivity index is 2.28. The van der Waals surface area contributed by atoms with Crippen molar-refractivity contribution in [2.24, 2.45) is 5.92 Å². The van der Waals surface area contributed by atoms with Crippen LogP contribution in [0.5, 0.6) is 0 Å². The molecule has 0 amide bonds. The van der Waals surface area contributed by atoms with Gasteiger partial charge in [0.25, 0.3) is 0 Å². The van der Waals surface area contributed by atoms with Crippen molar-refractivity contribution in [3.8, 4) is 6.07 Å². The minimum Gasteiger partial charge on any atom is -0.207 e. The SMILES string of the molecule is CC1CCC(C#N)(NS(=O)(=O)c2cc(Cl)sc2Cl)CC1. The van der Waals surface area contributed by atoms with Gasteiger partial charge in [0.05, 0.1) is 10.4 Å². The summed E-state index contributed by atoms with van der Waals surface area (Å²) in [5, 5.41) is 9.38. The second-order valence-corrected chi connectivity index (χ2v) is 9.11. The maximum Gasteiger partial charge on any atom is 0.244 e. The molecule has 1 heterocycles. The first kappa shape index (κ1) is 16.1. The Morgan fingerprint density at radius 2 is 2.05 bits per heavy atom. The van der Waals surface area contributed by atoms with Gasteiger partial charge in [-0.1, -0.05) is 30.1 Å². The molecule has 110 valence electrons. The third-order valence-electron chi connectivity index (χ3n) is 3.59. The van der Waals surface area contributed by atoms with Crippen molar-refractivity contribution < 1.29 is 8.42 Å².